The van der Waals surface area contributed by atoms with Crippen molar-refractivity contribution in [2.75, 3.05) is 0 Å². The average Bonchev–Trinajstić information content (AvgIpc) is 3.95. The first kappa shape index (κ1) is 29.1. The fourth-order valence-electron chi connectivity index (χ4n) is 6.06. The van der Waals surface area contributed by atoms with Gasteiger partial charge in [0.15, 0.2) is 28.6 Å². The van der Waals surface area contributed by atoms with Crippen LogP contribution in [0.2, 0.25) is 0 Å². The Kier molecular flexibility index (Phi) is 6.81. The Hall–Kier alpha value is -6.84. The zero-order valence-electron chi connectivity index (χ0n) is 26.8. The number of rotatable bonds is 6. The highest BCUT2D eigenvalue weighted by Crippen LogP contribution is 2.34. The van der Waals surface area contributed by atoms with Crippen LogP contribution in [-0.4, -0.2) is 29.9 Å². The van der Waals surface area contributed by atoms with Crippen LogP contribution < -0.4 is 0 Å². The molecule has 0 aliphatic carbocycles. The molecule has 0 fully saturated rings. The van der Waals surface area contributed by atoms with E-state index in [0.29, 0.717) is 51.5 Å². The Morgan fingerprint density at radius 2 is 0.824 bits per heavy atom. The van der Waals surface area contributed by atoms with Gasteiger partial charge in [0.1, 0.15) is 16.0 Å². The van der Waals surface area contributed by atoms with Gasteiger partial charge in [0.2, 0.25) is 11.8 Å². The fraction of sp³-hybridized carbons (Fsp3) is 0. The van der Waals surface area contributed by atoms with E-state index in [1.54, 1.807) is 11.3 Å². The summed E-state index contributed by atoms with van der Waals surface area (Å²) in [7, 11) is 0. The summed E-state index contributed by atoms with van der Waals surface area (Å²) in [5.41, 5.74) is 9.08. The predicted octanol–water partition coefficient (Wildman–Crippen LogP) is 10.8. The first-order chi connectivity index (χ1) is 25.2. The monoisotopic (exact) mass is 676 g/mol. The SMILES string of the molecule is c1ccc(-c2nc3cc(-c4nc(-c5ccc(-c6nc7ccccc7s6)cc5)nc(-c5ccc6oc(-c7ccccc7)nc6c5)n4)ccc3o2)cc1. The lowest BCUT2D eigenvalue weighted by Crippen LogP contribution is -2.00. The first-order valence-electron chi connectivity index (χ1n) is 16.4. The van der Waals surface area contributed by atoms with Crippen LogP contribution in [0, 0.1) is 0 Å². The molecule has 10 rings (SSSR count). The summed E-state index contributed by atoms with van der Waals surface area (Å²) in [6.07, 6.45) is 0. The van der Waals surface area contributed by atoms with Gasteiger partial charge >= 0.3 is 0 Å². The minimum Gasteiger partial charge on any atom is -0.436 e. The van der Waals surface area contributed by atoms with Crippen LogP contribution in [0.5, 0.6) is 0 Å². The number of fused-ring (bicyclic) bond motifs is 3. The smallest absolute Gasteiger partial charge is 0.227 e. The lowest BCUT2D eigenvalue weighted by molar-refractivity contribution is 0.619. The van der Waals surface area contributed by atoms with Gasteiger partial charge in [-0.15, -0.1) is 11.3 Å². The maximum atomic E-state index is 6.09. The second-order valence-corrected chi connectivity index (χ2v) is 13.0. The number of aromatic nitrogens is 6. The highest BCUT2D eigenvalue weighted by atomic mass is 32.1. The van der Waals surface area contributed by atoms with Gasteiger partial charge in [-0.25, -0.2) is 29.9 Å². The van der Waals surface area contributed by atoms with E-state index in [1.807, 2.05) is 127 Å². The highest BCUT2D eigenvalue weighted by molar-refractivity contribution is 7.21. The zero-order chi connectivity index (χ0) is 33.7. The van der Waals surface area contributed by atoms with E-state index >= 15 is 0 Å². The summed E-state index contributed by atoms with van der Waals surface area (Å²) in [4.78, 5) is 29.4. The molecule has 51 heavy (non-hydrogen) atoms. The Labute approximate surface area is 294 Å². The van der Waals surface area contributed by atoms with Crippen molar-refractivity contribution < 1.29 is 8.83 Å². The molecule has 10 aromatic rings. The second kappa shape index (κ2) is 11.9. The van der Waals surface area contributed by atoms with Crippen molar-refractivity contribution in [3.05, 3.63) is 146 Å². The molecule has 0 aliphatic heterocycles. The number of thiazole rings is 1. The molecule has 0 amide bonds. The van der Waals surface area contributed by atoms with Crippen molar-refractivity contribution in [2.45, 2.75) is 0 Å². The first-order valence-corrected chi connectivity index (χ1v) is 17.2. The van der Waals surface area contributed by atoms with Gasteiger partial charge in [-0.2, -0.15) is 0 Å². The van der Waals surface area contributed by atoms with Gasteiger partial charge in [-0.3, -0.25) is 0 Å². The van der Waals surface area contributed by atoms with Gasteiger partial charge in [0, 0.05) is 33.4 Å². The Bertz CT molecular complexity index is 2690. The number of oxazole rings is 2. The number of nitrogens with zero attached hydrogens (tertiary/aromatic N) is 6. The third-order valence-corrected chi connectivity index (χ3v) is 9.74. The molecule has 0 saturated heterocycles. The maximum Gasteiger partial charge on any atom is 0.227 e. The van der Waals surface area contributed by atoms with E-state index < -0.39 is 0 Å². The van der Waals surface area contributed by atoms with Crippen molar-refractivity contribution in [2.24, 2.45) is 0 Å². The average molecular weight is 677 g/mol. The van der Waals surface area contributed by atoms with E-state index in [1.165, 1.54) is 0 Å². The van der Waals surface area contributed by atoms with Crippen molar-refractivity contribution in [3.8, 4) is 67.6 Å². The number of hydrogen-bond donors (Lipinski definition) is 0. The number of benzene rings is 6. The van der Waals surface area contributed by atoms with Crippen LogP contribution in [0.25, 0.3) is 100 Å². The summed E-state index contributed by atoms with van der Waals surface area (Å²) < 4.78 is 13.3. The van der Waals surface area contributed by atoms with E-state index in [-0.39, 0.29) is 0 Å². The lowest BCUT2D eigenvalue weighted by Gasteiger charge is -2.09. The van der Waals surface area contributed by atoms with E-state index in [0.717, 1.165) is 48.6 Å². The predicted molar refractivity (Wildman–Crippen MR) is 201 cm³/mol. The molecule has 6 aromatic carbocycles. The molecule has 0 atom stereocenters. The van der Waals surface area contributed by atoms with Crippen LogP contribution in [0.15, 0.2) is 154 Å². The van der Waals surface area contributed by atoms with Gasteiger partial charge < -0.3 is 8.83 Å². The van der Waals surface area contributed by atoms with E-state index in [2.05, 4.69) is 18.2 Å². The molecule has 0 spiro atoms. The van der Waals surface area contributed by atoms with E-state index in [4.69, 9.17) is 38.7 Å². The summed E-state index contributed by atoms with van der Waals surface area (Å²) in [5.74, 6) is 2.69. The third kappa shape index (κ3) is 5.42. The minimum atomic E-state index is 0.515. The van der Waals surface area contributed by atoms with Crippen molar-refractivity contribution in [1.82, 2.24) is 29.9 Å². The number of para-hydroxylation sites is 1. The molecule has 4 aromatic heterocycles. The van der Waals surface area contributed by atoms with Crippen molar-refractivity contribution in [1.29, 1.82) is 0 Å². The molecule has 4 heterocycles. The van der Waals surface area contributed by atoms with Crippen LogP contribution >= 0.6 is 11.3 Å². The topological polar surface area (TPSA) is 104 Å². The maximum absolute atomic E-state index is 6.09. The second-order valence-electron chi connectivity index (χ2n) is 12.0. The Morgan fingerprint density at radius 3 is 1.37 bits per heavy atom. The molecule has 0 radical (unpaired) electrons. The lowest BCUT2D eigenvalue weighted by atomic mass is 10.1. The molecule has 0 N–H and O–H groups in total. The van der Waals surface area contributed by atoms with Gasteiger partial charge in [-0.05, 0) is 72.8 Å². The van der Waals surface area contributed by atoms with Crippen LogP contribution in [-0.2, 0) is 0 Å². The van der Waals surface area contributed by atoms with Gasteiger partial charge in [0.05, 0.1) is 10.2 Å². The van der Waals surface area contributed by atoms with Crippen LogP contribution in [0.3, 0.4) is 0 Å². The summed E-state index contributed by atoms with van der Waals surface area (Å²) in [5, 5.41) is 0.964. The van der Waals surface area contributed by atoms with E-state index in [9.17, 15) is 0 Å². The zero-order valence-corrected chi connectivity index (χ0v) is 27.6. The Balaban J connectivity index is 1.08. The summed E-state index contributed by atoms with van der Waals surface area (Å²) in [6.45, 7) is 0. The molecule has 0 unspecified atom stereocenters. The molecule has 0 saturated carbocycles. The standard InChI is InChI=1S/C42H24N6O2S/c1-3-9-26(10-4-1)40-43-32-23-29(19-21-34(32)49-40)38-46-37(25-15-17-28(18-16-25)42-45-31-13-7-8-14-36(31)51-42)47-39(48-38)30-20-22-35-33(24-30)44-41(50-35)27-11-5-2-6-12-27/h1-24H. The van der Waals surface area contributed by atoms with Gasteiger partial charge in [0.25, 0.3) is 0 Å². The molecule has 0 aliphatic rings. The number of hydrogen-bond acceptors (Lipinski definition) is 9. The van der Waals surface area contributed by atoms with Gasteiger partial charge in [-0.1, -0.05) is 72.8 Å². The molecular formula is C42H24N6O2S. The molecular weight excluding hydrogens is 653 g/mol. The van der Waals surface area contributed by atoms with Crippen molar-refractivity contribution >= 4 is 43.8 Å². The third-order valence-electron chi connectivity index (χ3n) is 8.65. The molecule has 0 bridgehead atoms. The Morgan fingerprint density at radius 1 is 0.353 bits per heavy atom. The summed E-state index contributed by atoms with van der Waals surface area (Å²) >= 11 is 1.67. The van der Waals surface area contributed by atoms with Crippen molar-refractivity contribution in [3.63, 3.8) is 0 Å². The fourth-order valence-corrected chi connectivity index (χ4v) is 7.03. The summed E-state index contributed by atoms with van der Waals surface area (Å²) in [6, 6.07) is 47.7. The quantitative estimate of drug-likeness (QED) is 0.171. The highest BCUT2D eigenvalue weighted by Gasteiger charge is 2.17. The van der Waals surface area contributed by atoms with Crippen LogP contribution in [0.4, 0.5) is 0 Å². The largest absolute Gasteiger partial charge is 0.436 e. The molecule has 8 nitrogen and oxygen atoms in total. The normalized spacial score (nSPS) is 11.5. The molecule has 240 valence electrons. The van der Waals surface area contributed by atoms with Crippen LogP contribution in [0.1, 0.15) is 0 Å². The minimum absolute atomic E-state index is 0.515. The molecule has 9 heteroatoms.